The number of hydrogen-bond donors (Lipinski definition) is 1. The van der Waals surface area contributed by atoms with Crippen LogP contribution in [0.4, 0.5) is 0 Å². The SMILES string of the molecule is O=C(NCc1ccncc1)[C@@H]1C[C@]2(CO1)c1ccccc1CN2C(=O)c1ccccc1. The summed E-state index contributed by atoms with van der Waals surface area (Å²) in [5.41, 5.74) is 3.16. The molecule has 2 aliphatic rings. The van der Waals surface area contributed by atoms with Crippen LogP contribution in [0, 0.1) is 0 Å². The largest absolute Gasteiger partial charge is 0.365 e. The summed E-state index contributed by atoms with van der Waals surface area (Å²) in [4.78, 5) is 32.2. The van der Waals surface area contributed by atoms with E-state index >= 15 is 0 Å². The van der Waals surface area contributed by atoms with Gasteiger partial charge in [-0.2, -0.15) is 0 Å². The molecule has 0 bridgehead atoms. The van der Waals surface area contributed by atoms with Crippen LogP contribution in [0.5, 0.6) is 0 Å². The minimum absolute atomic E-state index is 0.0433. The summed E-state index contributed by atoms with van der Waals surface area (Å²) in [5.74, 6) is -0.205. The first-order chi connectivity index (χ1) is 15.2. The van der Waals surface area contributed by atoms with Crippen molar-refractivity contribution in [1.29, 1.82) is 0 Å². The van der Waals surface area contributed by atoms with Crippen LogP contribution in [0.15, 0.2) is 79.1 Å². The number of hydrogen-bond acceptors (Lipinski definition) is 4. The maximum absolute atomic E-state index is 13.4. The minimum atomic E-state index is -0.637. The zero-order chi connectivity index (χ0) is 21.3. The molecule has 1 aromatic heterocycles. The Morgan fingerprint density at radius 2 is 1.77 bits per heavy atom. The van der Waals surface area contributed by atoms with Gasteiger partial charge < -0.3 is 15.0 Å². The molecule has 5 rings (SSSR count). The monoisotopic (exact) mass is 413 g/mol. The van der Waals surface area contributed by atoms with Gasteiger partial charge in [-0.1, -0.05) is 42.5 Å². The Labute approximate surface area is 180 Å². The summed E-state index contributed by atoms with van der Waals surface area (Å²) in [6.45, 7) is 1.23. The summed E-state index contributed by atoms with van der Waals surface area (Å²) >= 11 is 0. The second-order valence-electron chi connectivity index (χ2n) is 8.02. The highest BCUT2D eigenvalue weighted by Crippen LogP contribution is 2.47. The highest BCUT2D eigenvalue weighted by molar-refractivity contribution is 5.95. The number of nitrogens with one attached hydrogen (secondary N) is 1. The van der Waals surface area contributed by atoms with Crippen LogP contribution in [-0.2, 0) is 28.2 Å². The third-order valence-corrected chi connectivity index (χ3v) is 6.18. The van der Waals surface area contributed by atoms with Crippen LogP contribution in [0.1, 0.15) is 33.5 Å². The Kier molecular flexibility index (Phi) is 5.00. The molecule has 0 aliphatic carbocycles. The Morgan fingerprint density at radius 1 is 1.03 bits per heavy atom. The molecule has 6 heteroatoms. The molecule has 0 saturated carbocycles. The predicted molar refractivity (Wildman–Crippen MR) is 115 cm³/mol. The maximum Gasteiger partial charge on any atom is 0.254 e. The Balaban J connectivity index is 1.39. The van der Waals surface area contributed by atoms with Gasteiger partial charge in [-0.15, -0.1) is 0 Å². The average Bonchev–Trinajstić information content (AvgIpc) is 3.41. The number of ether oxygens (including phenoxy) is 1. The van der Waals surface area contributed by atoms with Gasteiger partial charge in [0.2, 0.25) is 5.91 Å². The van der Waals surface area contributed by atoms with E-state index in [9.17, 15) is 9.59 Å². The van der Waals surface area contributed by atoms with E-state index in [1.165, 1.54) is 0 Å². The number of nitrogens with zero attached hydrogens (tertiary/aromatic N) is 2. The summed E-state index contributed by atoms with van der Waals surface area (Å²) in [7, 11) is 0. The molecule has 2 atom stereocenters. The zero-order valence-electron chi connectivity index (χ0n) is 17.0. The van der Waals surface area contributed by atoms with Crippen molar-refractivity contribution in [2.75, 3.05) is 6.61 Å². The summed E-state index contributed by atoms with van der Waals surface area (Å²) in [6, 6.07) is 21.1. The van der Waals surface area contributed by atoms with Gasteiger partial charge in [0.05, 0.1) is 12.1 Å². The molecule has 0 unspecified atom stereocenters. The third kappa shape index (κ3) is 3.49. The van der Waals surface area contributed by atoms with Crippen LogP contribution >= 0.6 is 0 Å². The van der Waals surface area contributed by atoms with Gasteiger partial charge in [0, 0.05) is 37.5 Å². The average molecular weight is 413 g/mol. The van der Waals surface area contributed by atoms with Crippen LogP contribution < -0.4 is 5.32 Å². The van der Waals surface area contributed by atoms with Crippen molar-refractivity contribution in [3.8, 4) is 0 Å². The number of pyridine rings is 1. The molecule has 1 fully saturated rings. The Hall–Kier alpha value is -3.51. The minimum Gasteiger partial charge on any atom is -0.365 e. The molecule has 3 aromatic rings. The quantitative estimate of drug-likeness (QED) is 0.714. The maximum atomic E-state index is 13.4. The lowest BCUT2D eigenvalue weighted by Gasteiger charge is -2.34. The number of fused-ring (bicyclic) bond motifs is 2. The Bertz CT molecular complexity index is 1100. The fraction of sp³-hybridized carbons (Fsp3) is 0.240. The van der Waals surface area contributed by atoms with Crippen LogP contribution in [0.25, 0.3) is 0 Å². The van der Waals surface area contributed by atoms with E-state index in [-0.39, 0.29) is 11.8 Å². The van der Waals surface area contributed by atoms with Crippen molar-refractivity contribution in [3.05, 3.63) is 101 Å². The number of aromatic nitrogens is 1. The molecule has 3 heterocycles. The molecule has 1 saturated heterocycles. The van der Waals surface area contributed by atoms with Crippen molar-refractivity contribution in [2.45, 2.75) is 31.2 Å². The predicted octanol–water partition coefficient (Wildman–Crippen LogP) is 3.04. The molecule has 2 amide bonds. The number of benzene rings is 2. The molecular formula is C25H23N3O3. The van der Waals surface area contributed by atoms with E-state index < -0.39 is 11.6 Å². The lowest BCUT2D eigenvalue weighted by Crippen LogP contribution is -2.46. The van der Waals surface area contributed by atoms with Gasteiger partial charge in [-0.3, -0.25) is 14.6 Å². The number of amides is 2. The molecule has 6 nitrogen and oxygen atoms in total. The second kappa shape index (κ2) is 7.96. The number of carbonyl (C=O) groups is 2. The molecule has 2 aliphatic heterocycles. The van der Waals surface area contributed by atoms with Crippen LogP contribution in [0.2, 0.25) is 0 Å². The lowest BCUT2D eigenvalue weighted by molar-refractivity contribution is -0.130. The van der Waals surface area contributed by atoms with Gasteiger partial charge >= 0.3 is 0 Å². The highest BCUT2D eigenvalue weighted by atomic mass is 16.5. The van der Waals surface area contributed by atoms with Gasteiger partial charge in [0.1, 0.15) is 6.10 Å². The van der Waals surface area contributed by atoms with E-state index in [1.54, 1.807) is 12.4 Å². The van der Waals surface area contributed by atoms with E-state index in [0.29, 0.717) is 31.7 Å². The van der Waals surface area contributed by atoms with E-state index in [1.807, 2.05) is 71.6 Å². The summed E-state index contributed by atoms with van der Waals surface area (Å²) in [5, 5.41) is 2.95. The molecule has 1 spiro atoms. The Morgan fingerprint density at radius 3 is 2.58 bits per heavy atom. The zero-order valence-corrected chi connectivity index (χ0v) is 17.0. The van der Waals surface area contributed by atoms with E-state index in [0.717, 1.165) is 16.7 Å². The van der Waals surface area contributed by atoms with Crippen molar-refractivity contribution >= 4 is 11.8 Å². The van der Waals surface area contributed by atoms with Crippen molar-refractivity contribution in [1.82, 2.24) is 15.2 Å². The molecule has 1 N–H and O–H groups in total. The first-order valence-corrected chi connectivity index (χ1v) is 10.4. The summed E-state index contributed by atoms with van der Waals surface area (Å²) < 4.78 is 6.00. The molecule has 156 valence electrons. The highest BCUT2D eigenvalue weighted by Gasteiger charge is 2.54. The third-order valence-electron chi connectivity index (χ3n) is 6.18. The number of carbonyl (C=O) groups excluding carboxylic acids is 2. The first-order valence-electron chi connectivity index (χ1n) is 10.4. The van der Waals surface area contributed by atoms with Crippen LogP contribution in [0.3, 0.4) is 0 Å². The summed E-state index contributed by atoms with van der Waals surface area (Å²) in [6.07, 6.45) is 3.22. The lowest BCUT2D eigenvalue weighted by atomic mass is 9.86. The van der Waals surface area contributed by atoms with Gasteiger partial charge in [-0.25, -0.2) is 0 Å². The van der Waals surface area contributed by atoms with E-state index in [2.05, 4.69) is 10.3 Å². The van der Waals surface area contributed by atoms with Crippen molar-refractivity contribution < 1.29 is 14.3 Å². The van der Waals surface area contributed by atoms with Gasteiger partial charge in [-0.05, 0) is 41.0 Å². The molecule has 0 radical (unpaired) electrons. The van der Waals surface area contributed by atoms with Crippen LogP contribution in [-0.4, -0.2) is 34.4 Å². The van der Waals surface area contributed by atoms with Gasteiger partial charge in [0.15, 0.2) is 0 Å². The number of rotatable bonds is 4. The molecule has 31 heavy (non-hydrogen) atoms. The topological polar surface area (TPSA) is 71.5 Å². The first kappa shape index (κ1) is 19.5. The molecular weight excluding hydrogens is 390 g/mol. The van der Waals surface area contributed by atoms with E-state index in [4.69, 9.17) is 4.74 Å². The normalized spacial score (nSPS) is 21.8. The molecule has 2 aromatic carbocycles. The fourth-order valence-corrected chi connectivity index (χ4v) is 4.59. The second-order valence-corrected chi connectivity index (χ2v) is 8.02. The standard InChI is InChI=1S/C25H23N3O3/c29-23(27-15-18-10-12-26-13-11-18)22-14-25(17-31-22)21-9-5-4-8-20(21)16-28(25)24(30)19-6-2-1-3-7-19/h1-13,22H,14-17H2,(H,27,29)/t22-,25-/m0/s1. The smallest absolute Gasteiger partial charge is 0.254 e. The fourth-order valence-electron chi connectivity index (χ4n) is 4.59. The van der Waals surface area contributed by atoms with Gasteiger partial charge in [0.25, 0.3) is 5.91 Å². The van der Waals surface area contributed by atoms with Crippen molar-refractivity contribution in [3.63, 3.8) is 0 Å². The van der Waals surface area contributed by atoms with Crippen molar-refractivity contribution in [2.24, 2.45) is 0 Å².